The molecule has 5 heteroatoms. The lowest BCUT2D eigenvalue weighted by Crippen LogP contribution is -2.10. The number of unbranched alkanes of at least 4 members (excludes halogenated alkanes) is 2. The molecule has 0 aliphatic rings. The Morgan fingerprint density at radius 3 is 2.72 bits per heavy atom. The third kappa shape index (κ3) is 6.71. The van der Waals surface area contributed by atoms with Crippen LogP contribution >= 0.6 is 0 Å². The Morgan fingerprint density at radius 2 is 1.94 bits per heavy atom. The highest BCUT2D eigenvalue weighted by Crippen LogP contribution is 2.02. The predicted molar refractivity (Wildman–Crippen MR) is 70.6 cm³/mol. The first kappa shape index (κ1) is 15.1. The Morgan fingerprint density at radius 1 is 1.11 bits per heavy atom. The smallest absolute Gasteiger partial charge is 0.0827 e. The minimum absolute atomic E-state index is 0.645. The van der Waals surface area contributed by atoms with Crippen molar-refractivity contribution in [1.82, 2.24) is 15.0 Å². The van der Waals surface area contributed by atoms with Gasteiger partial charge in [0.25, 0.3) is 0 Å². The summed E-state index contributed by atoms with van der Waals surface area (Å²) in [6.45, 7) is 7.65. The molecule has 0 N–H and O–H groups in total. The Hall–Kier alpha value is -0.940. The Balaban J connectivity index is 2.07. The number of aryl methyl sites for hydroxylation is 1. The van der Waals surface area contributed by atoms with Crippen LogP contribution in [0, 0.1) is 0 Å². The molecule has 0 saturated heterocycles. The summed E-state index contributed by atoms with van der Waals surface area (Å²) in [5.74, 6) is 0. The van der Waals surface area contributed by atoms with Crippen molar-refractivity contribution in [2.24, 2.45) is 0 Å². The second kappa shape index (κ2) is 10.0. The molecule has 0 aliphatic heterocycles. The van der Waals surface area contributed by atoms with Crippen LogP contribution < -0.4 is 0 Å². The van der Waals surface area contributed by atoms with Gasteiger partial charge in [0, 0.05) is 12.8 Å². The van der Waals surface area contributed by atoms with Gasteiger partial charge in [0.2, 0.25) is 0 Å². The molecule has 1 aromatic rings. The number of rotatable bonds is 11. The summed E-state index contributed by atoms with van der Waals surface area (Å²) in [5.41, 5.74) is 1.08. The van der Waals surface area contributed by atoms with E-state index in [0.29, 0.717) is 19.8 Å². The number of hydrogen-bond donors (Lipinski definition) is 0. The van der Waals surface area contributed by atoms with Crippen LogP contribution in [0.2, 0.25) is 0 Å². The van der Waals surface area contributed by atoms with Gasteiger partial charge in [-0.2, -0.15) is 0 Å². The van der Waals surface area contributed by atoms with Crippen molar-refractivity contribution >= 4 is 0 Å². The maximum Gasteiger partial charge on any atom is 0.0827 e. The summed E-state index contributed by atoms with van der Waals surface area (Å²) >= 11 is 0. The van der Waals surface area contributed by atoms with Crippen molar-refractivity contribution in [3.05, 3.63) is 11.9 Å². The first-order valence-electron chi connectivity index (χ1n) is 6.91. The Labute approximate surface area is 109 Å². The third-order valence-corrected chi connectivity index (χ3v) is 2.66. The zero-order valence-electron chi connectivity index (χ0n) is 11.6. The molecular formula is C13H25N3O2. The largest absolute Gasteiger partial charge is 0.379 e. The highest BCUT2D eigenvalue weighted by Gasteiger charge is 2.00. The first-order chi connectivity index (χ1) is 8.86. The minimum atomic E-state index is 0.645. The van der Waals surface area contributed by atoms with Gasteiger partial charge in [-0.3, -0.25) is 0 Å². The molecule has 0 unspecified atom stereocenters. The summed E-state index contributed by atoms with van der Waals surface area (Å²) in [4.78, 5) is 0. The molecule has 0 radical (unpaired) electrons. The first-order valence-corrected chi connectivity index (χ1v) is 6.91. The highest BCUT2D eigenvalue weighted by atomic mass is 16.5. The maximum absolute atomic E-state index is 5.43. The van der Waals surface area contributed by atoms with Crippen LogP contribution in [0.5, 0.6) is 0 Å². The van der Waals surface area contributed by atoms with Crippen molar-refractivity contribution in [3.63, 3.8) is 0 Å². The van der Waals surface area contributed by atoms with Gasteiger partial charge < -0.3 is 9.47 Å². The van der Waals surface area contributed by atoms with Gasteiger partial charge in [-0.1, -0.05) is 25.0 Å². The summed E-state index contributed by atoms with van der Waals surface area (Å²) in [6, 6.07) is 0. The highest BCUT2D eigenvalue weighted by molar-refractivity contribution is 4.91. The number of nitrogens with zero attached hydrogens (tertiary/aromatic N) is 3. The molecule has 1 aromatic heterocycles. The molecule has 0 saturated carbocycles. The second-order valence-corrected chi connectivity index (χ2v) is 4.24. The van der Waals surface area contributed by atoms with Gasteiger partial charge in [0.05, 0.1) is 32.1 Å². The number of ether oxygens (including phenoxy) is 2. The van der Waals surface area contributed by atoms with E-state index in [2.05, 4.69) is 17.2 Å². The fraction of sp³-hybridized carbons (Fsp3) is 0.846. The molecule has 0 amide bonds. The Kier molecular flexibility index (Phi) is 8.42. The summed E-state index contributed by atoms with van der Waals surface area (Å²) < 4.78 is 12.5. The van der Waals surface area contributed by atoms with E-state index in [1.165, 1.54) is 19.3 Å². The standard InChI is InChI=1S/C13H25N3O2/c1-3-5-6-7-13-12-16(15-14-13)8-9-18-11-10-17-4-2/h12H,3-11H2,1-2H3. The quantitative estimate of drug-likeness (QED) is 0.568. The molecule has 0 fully saturated rings. The average molecular weight is 255 g/mol. The third-order valence-electron chi connectivity index (χ3n) is 2.66. The van der Waals surface area contributed by atoms with Crippen molar-refractivity contribution in [1.29, 1.82) is 0 Å². The van der Waals surface area contributed by atoms with Gasteiger partial charge in [-0.15, -0.1) is 5.10 Å². The van der Waals surface area contributed by atoms with E-state index in [1.54, 1.807) is 0 Å². The average Bonchev–Trinajstić information content (AvgIpc) is 2.82. The van der Waals surface area contributed by atoms with Crippen molar-refractivity contribution in [2.75, 3.05) is 26.4 Å². The molecule has 104 valence electrons. The van der Waals surface area contributed by atoms with Crippen LogP contribution in [0.25, 0.3) is 0 Å². The molecular weight excluding hydrogens is 230 g/mol. The number of hydrogen-bond acceptors (Lipinski definition) is 4. The summed E-state index contributed by atoms with van der Waals surface area (Å²) in [7, 11) is 0. The van der Waals surface area contributed by atoms with E-state index in [0.717, 1.165) is 25.3 Å². The van der Waals surface area contributed by atoms with E-state index in [-0.39, 0.29) is 0 Å². The fourth-order valence-corrected chi connectivity index (χ4v) is 1.64. The molecule has 18 heavy (non-hydrogen) atoms. The molecule has 0 spiro atoms. The van der Waals surface area contributed by atoms with Gasteiger partial charge in [-0.25, -0.2) is 4.68 Å². The normalized spacial score (nSPS) is 11.0. The lowest BCUT2D eigenvalue weighted by molar-refractivity contribution is 0.0486. The van der Waals surface area contributed by atoms with Crippen molar-refractivity contribution in [3.8, 4) is 0 Å². The molecule has 0 bridgehead atoms. The molecule has 0 aromatic carbocycles. The minimum Gasteiger partial charge on any atom is -0.379 e. The van der Waals surface area contributed by atoms with Gasteiger partial charge in [-0.05, 0) is 19.8 Å². The lowest BCUT2D eigenvalue weighted by Gasteiger charge is -2.03. The van der Waals surface area contributed by atoms with Crippen LogP contribution in [-0.4, -0.2) is 41.4 Å². The van der Waals surface area contributed by atoms with Crippen molar-refractivity contribution in [2.45, 2.75) is 46.1 Å². The summed E-state index contributed by atoms with van der Waals surface area (Å²) in [6.07, 6.45) is 6.73. The van der Waals surface area contributed by atoms with E-state index in [1.807, 2.05) is 17.8 Å². The molecule has 1 heterocycles. The monoisotopic (exact) mass is 255 g/mol. The van der Waals surface area contributed by atoms with E-state index in [4.69, 9.17) is 9.47 Å². The fourth-order valence-electron chi connectivity index (χ4n) is 1.64. The van der Waals surface area contributed by atoms with Gasteiger partial charge in [0.1, 0.15) is 0 Å². The Bertz CT molecular complexity index is 302. The lowest BCUT2D eigenvalue weighted by atomic mass is 10.2. The van der Waals surface area contributed by atoms with E-state index in [9.17, 15) is 0 Å². The zero-order chi connectivity index (χ0) is 13.1. The predicted octanol–water partition coefficient (Wildman–Crippen LogP) is 2.06. The molecule has 0 atom stereocenters. The molecule has 1 rings (SSSR count). The zero-order valence-corrected chi connectivity index (χ0v) is 11.6. The molecule has 5 nitrogen and oxygen atoms in total. The van der Waals surface area contributed by atoms with Crippen LogP contribution in [0.3, 0.4) is 0 Å². The SMILES string of the molecule is CCCCCc1cn(CCOCCOCC)nn1. The van der Waals surface area contributed by atoms with Crippen molar-refractivity contribution < 1.29 is 9.47 Å². The maximum atomic E-state index is 5.43. The number of aromatic nitrogens is 3. The van der Waals surface area contributed by atoms with E-state index >= 15 is 0 Å². The van der Waals surface area contributed by atoms with Gasteiger partial charge in [0.15, 0.2) is 0 Å². The van der Waals surface area contributed by atoms with E-state index < -0.39 is 0 Å². The van der Waals surface area contributed by atoms with Gasteiger partial charge >= 0.3 is 0 Å². The molecule has 0 aliphatic carbocycles. The summed E-state index contributed by atoms with van der Waals surface area (Å²) in [5, 5.41) is 8.23. The van der Waals surface area contributed by atoms with Crippen LogP contribution in [0.4, 0.5) is 0 Å². The topological polar surface area (TPSA) is 49.2 Å². The second-order valence-electron chi connectivity index (χ2n) is 4.24. The van der Waals surface area contributed by atoms with Crippen LogP contribution in [0.1, 0.15) is 38.8 Å². The van der Waals surface area contributed by atoms with Crippen LogP contribution in [0.15, 0.2) is 6.20 Å². The van der Waals surface area contributed by atoms with Crippen LogP contribution in [-0.2, 0) is 22.4 Å².